The van der Waals surface area contributed by atoms with Gasteiger partial charge in [0.2, 0.25) is 0 Å². The maximum atomic E-state index is 9.20. The zero-order chi connectivity index (χ0) is 8.10. The standard InChI is InChI=1S/C7H16N2O2/c8-5-7(10)6-9-1-3-11-4-2-9/h7,10H,1-6,8H2/t7-/m1/s1. The molecule has 0 amide bonds. The van der Waals surface area contributed by atoms with E-state index in [2.05, 4.69) is 4.90 Å². The number of rotatable bonds is 3. The Morgan fingerprint density at radius 3 is 2.64 bits per heavy atom. The summed E-state index contributed by atoms with van der Waals surface area (Å²) in [7, 11) is 0. The fraction of sp³-hybridized carbons (Fsp3) is 1.00. The van der Waals surface area contributed by atoms with E-state index < -0.39 is 0 Å². The van der Waals surface area contributed by atoms with Gasteiger partial charge in [-0.3, -0.25) is 4.90 Å². The van der Waals surface area contributed by atoms with E-state index in [1.54, 1.807) is 0 Å². The van der Waals surface area contributed by atoms with Gasteiger partial charge in [-0.25, -0.2) is 0 Å². The van der Waals surface area contributed by atoms with Gasteiger partial charge in [-0.05, 0) is 0 Å². The van der Waals surface area contributed by atoms with E-state index in [1.807, 2.05) is 0 Å². The van der Waals surface area contributed by atoms with Crippen molar-refractivity contribution in [2.75, 3.05) is 39.4 Å². The van der Waals surface area contributed by atoms with Gasteiger partial charge < -0.3 is 15.6 Å². The van der Waals surface area contributed by atoms with E-state index in [0.29, 0.717) is 13.1 Å². The first-order chi connectivity index (χ1) is 5.33. The van der Waals surface area contributed by atoms with Crippen LogP contribution in [-0.4, -0.2) is 55.5 Å². The quantitative estimate of drug-likeness (QED) is 0.535. The molecule has 11 heavy (non-hydrogen) atoms. The Kier molecular flexibility index (Phi) is 3.79. The van der Waals surface area contributed by atoms with Gasteiger partial charge in [0.25, 0.3) is 0 Å². The van der Waals surface area contributed by atoms with Crippen LogP contribution in [0.5, 0.6) is 0 Å². The molecule has 1 aliphatic heterocycles. The summed E-state index contributed by atoms with van der Waals surface area (Å²) in [5.74, 6) is 0. The summed E-state index contributed by atoms with van der Waals surface area (Å²) in [6, 6.07) is 0. The van der Waals surface area contributed by atoms with Gasteiger partial charge in [0, 0.05) is 26.2 Å². The summed E-state index contributed by atoms with van der Waals surface area (Å²) in [5, 5.41) is 9.20. The predicted molar refractivity (Wildman–Crippen MR) is 42.3 cm³/mol. The number of nitrogens with two attached hydrogens (primary N) is 1. The average molecular weight is 160 g/mol. The number of β-amino-alcohol motifs (C(OH)–C–C–N with tert-alkyl or cyclic N) is 1. The number of ether oxygens (including phenoxy) is 1. The number of nitrogens with zero attached hydrogens (tertiary/aromatic N) is 1. The van der Waals surface area contributed by atoms with E-state index in [1.165, 1.54) is 0 Å². The highest BCUT2D eigenvalue weighted by atomic mass is 16.5. The summed E-state index contributed by atoms with van der Waals surface area (Å²) < 4.78 is 5.16. The minimum absolute atomic E-state index is 0.345. The molecule has 1 heterocycles. The molecule has 66 valence electrons. The van der Waals surface area contributed by atoms with Crippen LogP contribution in [0.2, 0.25) is 0 Å². The Morgan fingerprint density at radius 1 is 1.45 bits per heavy atom. The molecule has 0 aliphatic carbocycles. The second kappa shape index (κ2) is 4.66. The third-order valence-electron chi connectivity index (χ3n) is 1.84. The van der Waals surface area contributed by atoms with E-state index in [-0.39, 0.29) is 6.10 Å². The van der Waals surface area contributed by atoms with Crippen LogP contribution in [0.4, 0.5) is 0 Å². The summed E-state index contributed by atoms with van der Waals surface area (Å²) in [6.07, 6.45) is -0.381. The van der Waals surface area contributed by atoms with Crippen molar-refractivity contribution in [1.29, 1.82) is 0 Å². The number of hydrogen-bond donors (Lipinski definition) is 2. The molecule has 1 rings (SSSR count). The predicted octanol–water partition coefficient (Wildman–Crippen LogP) is -1.36. The maximum absolute atomic E-state index is 9.20. The normalized spacial score (nSPS) is 23.5. The first-order valence-corrected chi connectivity index (χ1v) is 4.01. The lowest BCUT2D eigenvalue weighted by molar-refractivity contribution is 0.0164. The van der Waals surface area contributed by atoms with Crippen LogP contribution in [0.3, 0.4) is 0 Å². The van der Waals surface area contributed by atoms with Crippen molar-refractivity contribution >= 4 is 0 Å². The molecule has 0 saturated carbocycles. The molecule has 1 aliphatic rings. The van der Waals surface area contributed by atoms with E-state index in [0.717, 1.165) is 26.3 Å². The lowest BCUT2D eigenvalue weighted by atomic mass is 10.3. The fourth-order valence-electron chi connectivity index (χ4n) is 1.16. The molecule has 3 N–H and O–H groups in total. The molecule has 4 heteroatoms. The zero-order valence-electron chi connectivity index (χ0n) is 6.70. The summed E-state index contributed by atoms with van der Waals surface area (Å²) in [4.78, 5) is 2.17. The second-order valence-electron chi connectivity index (χ2n) is 2.80. The van der Waals surface area contributed by atoms with Crippen LogP contribution in [0, 0.1) is 0 Å². The Labute approximate surface area is 66.9 Å². The number of aliphatic hydroxyl groups excluding tert-OH is 1. The van der Waals surface area contributed by atoms with Gasteiger partial charge >= 0.3 is 0 Å². The molecule has 0 spiro atoms. The summed E-state index contributed by atoms with van der Waals surface area (Å²) in [5.41, 5.74) is 5.28. The van der Waals surface area contributed by atoms with Gasteiger partial charge in [0.05, 0.1) is 19.3 Å². The van der Waals surface area contributed by atoms with Crippen molar-refractivity contribution in [3.8, 4) is 0 Å². The number of morpholine rings is 1. The zero-order valence-corrected chi connectivity index (χ0v) is 6.70. The van der Waals surface area contributed by atoms with E-state index in [4.69, 9.17) is 10.5 Å². The molecule has 0 bridgehead atoms. The van der Waals surface area contributed by atoms with Crippen molar-refractivity contribution in [2.24, 2.45) is 5.73 Å². The van der Waals surface area contributed by atoms with Crippen LogP contribution < -0.4 is 5.73 Å². The van der Waals surface area contributed by atoms with Crippen molar-refractivity contribution in [1.82, 2.24) is 4.90 Å². The second-order valence-corrected chi connectivity index (χ2v) is 2.80. The molecule has 0 aromatic rings. The largest absolute Gasteiger partial charge is 0.390 e. The Morgan fingerprint density at radius 2 is 2.09 bits per heavy atom. The molecule has 0 aromatic carbocycles. The third-order valence-corrected chi connectivity index (χ3v) is 1.84. The Bertz CT molecular complexity index is 105. The molecule has 0 unspecified atom stereocenters. The van der Waals surface area contributed by atoms with Gasteiger partial charge in [0.15, 0.2) is 0 Å². The number of hydrogen-bond acceptors (Lipinski definition) is 4. The first kappa shape index (κ1) is 8.93. The summed E-state index contributed by atoms with van der Waals surface area (Å²) in [6.45, 7) is 4.40. The van der Waals surface area contributed by atoms with Gasteiger partial charge in [-0.1, -0.05) is 0 Å². The van der Waals surface area contributed by atoms with Crippen LogP contribution in [0.15, 0.2) is 0 Å². The fourth-order valence-corrected chi connectivity index (χ4v) is 1.16. The minimum atomic E-state index is -0.381. The monoisotopic (exact) mass is 160 g/mol. The maximum Gasteiger partial charge on any atom is 0.0789 e. The SMILES string of the molecule is NC[C@@H](O)CN1CCOCC1. The minimum Gasteiger partial charge on any atom is -0.390 e. The van der Waals surface area contributed by atoms with Gasteiger partial charge in [-0.15, -0.1) is 0 Å². The Hall–Kier alpha value is -0.160. The van der Waals surface area contributed by atoms with E-state index >= 15 is 0 Å². The lowest BCUT2D eigenvalue weighted by Crippen LogP contribution is -2.42. The first-order valence-electron chi connectivity index (χ1n) is 4.01. The molecular formula is C7H16N2O2. The summed E-state index contributed by atoms with van der Waals surface area (Å²) >= 11 is 0. The van der Waals surface area contributed by atoms with Crippen LogP contribution >= 0.6 is 0 Å². The molecule has 4 nitrogen and oxygen atoms in total. The average Bonchev–Trinajstić information content (AvgIpc) is 2.06. The topological polar surface area (TPSA) is 58.7 Å². The third kappa shape index (κ3) is 3.16. The Balaban J connectivity index is 2.13. The molecule has 1 saturated heterocycles. The number of aliphatic hydroxyl groups is 1. The molecule has 1 fully saturated rings. The lowest BCUT2D eigenvalue weighted by Gasteiger charge is -2.27. The molecule has 0 aromatic heterocycles. The van der Waals surface area contributed by atoms with Crippen LogP contribution in [0.25, 0.3) is 0 Å². The van der Waals surface area contributed by atoms with Crippen molar-refractivity contribution in [2.45, 2.75) is 6.10 Å². The van der Waals surface area contributed by atoms with Crippen molar-refractivity contribution in [3.63, 3.8) is 0 Å². The highest BCUT2D eigenvalue weighted by molar-refractivity contribution is 4.67. The molecular weight excluding hydrogens is 144 g/mol. The van der Waals surface area contributed by atoms with Crippen LogP contribution in [0.1, 0.15) is 0 Å². The van der Waals surface area contributed by atoms with Crippen LogP contribution in [-0.2, 0) is 4.74 Å². The highest BCUT2D eigenvalue weighted by Crippen LogP contribution is 1.97. The smallest absolute Gasteiger partial charge is 0.0789 e. The van der Waals surface area contributed by atoms with Crippen molar-refractivity contribution < 1.29 is 9.84 Å². The highest BCUT2D eigenvalue weighted by Gasteiger charge is 2.12. The van der Waals surface area contributed by atoms with Gasteiger partial charge in [0.1, 0.15) is 0 Å². The van der Waals surface area contributed by atoms with Gasteiger partial charge in [-0.2, -0.15) is 0 Å². The van der Waals surface area contributed by atoms with Crippen molar-refractivity contribution in [3.05, 3.63) is 0 Å². The molecule has 0 radical (unpaired) electrons. The van der Waals surface area contributed by atoms with E-state index in [9.17, 15) is 5.11 Å². The molecule has 1 atom stereocenters.